The molecule has 0 saturated heterocycles. The summed E-state index contributed by atoms with van der Waals surface area (Å²) in [5.41, 5.74) is 2.58. The molecule has 0 bridgehead atoms. The Kier molecular flexibility index (Phi) is 4.28. The minimum absolute atomic E-state index is 0.0833. The van der Waals surface area contributed by atoms with Crippen LogP contribution in [0.2, 0.25) is 0 Å². The number of benzene rings is 1. The van der Waals surface area contributed by atoms with Crippen molar-refractivity contribution < 1.29 is 14.6 Å². The number of carbonyl (C=O) groups excluding carboxylic acids is 1. The summed E-state index contributed by atoms with van der Waals surface area (Å²) in [6.45, 7) is 7.48. The van der Waals surface area contributed by atoms with Gasteiger partial charge in [0.05, 0.1) is 12.1 Å². The molecule has 4 nitrogen and oxygen atoms in total. The number of aliphatic hydroxyl groups is 1. The quantitative estimate of drug-likeness (QED) is 0.881. The van der Waals surface area contributed by atoms with Crippen molar-refractivity contribution >= 4 is 6.09 Å². The Labute approximate surface area is 126 Å². The van der Waals surface area contributed by atoms with Gasteiger partial charge in [-0.2, -0.15) is 0 Å². The van der Waals surface area contributed by atoms with E-state index in [0.29, 0.717) is 6.42 Å². The zero-order valence-corrected chi connectivity index (χ0v) is 13.3. The molecule has 0 heterocycles. The van der Waals surface area contributed by atoms with E-state index < -0.39 is 17.2 Å². The van der Waals surface area contributed by atoms with Crippen molar-refractivity contribution in [3.8, 4) is 0 Å². The van der Waals surface area contributed by atoms with Crippen LogP contribution in [-0.4, -0.2) is 28.9 Å². The highest BCUT2D eigenvalue weighted by Crippen LogP contribution is 2.31. The molecule has 1 aliphatic carbocycles. The molecular weight excluding hydrogens is 266 g/mol. The minimum atomic E-state index is -0.624. The number of amides is 1. The van der Waals surface area contributed by atoms with Gasteiger partial charge in [0, 0.05) is 0 Å². The SMILES string of the molecule is Cc1cccc2c1CC(CO)(NC(=O)OC(C)(C)C)CC2. The summed E-state index contributed by atoms with van der Waals surface area (Å²) in [5, 5.41) is 12.7. The standard InChI is InChI=1S/C17H25NO3/c1-12-6-5-7-13-8-9-17(11-19,10-14(12)13)18-15(20)21-16(2,3)4/h5-7,19H,8-11H2,1-4H3,(H,18,20). The summed E-state index contributed by atoms with van der Waals surface area (Å²) in [5.74, 6) is 0. The average Bonchev–Trinajstić information content (AvgIpc) is 2.37. The van der Waals surface area contributed by atoms with E-state index in [1.165, 1.54) is 16.7 Å². The molecule has 116 valence electrons. The second-order valence-electron chi connectivity index (χ2n) is 6.95. The molecule has 0 fully saturated rings. The van der Waals surface area contributed by atoms with Crippen molar-refractivity contribution in [2.24, 2.45) is 0 Å². The molecule has 1 aromatic carbocycles. The van der Waals surface area contributed by atoms with E-state index in [4.69, 9.17) is 4.74 Å². The van der Waals surface area contributed by atoms with Gasteiger partial charge in [0.25, 0.3) is 0 Å². The van der Waals surface area contributed by atoms with Crippen molar-refractivity contribution in [2.45, 2.75) is 58.1 Å². The third-order valence-electron chi connectivity index (χ3n) is 3.96. The second kappa shape index (κ2) is 5.68. The largest absolute Gasteiger partial charge is 0.444 e. The fourth-order valence-electron chi connectivity index (χ4n) is 2.85. The van der Waals surface area contributed by atoms with Gasteiger partial charge in [0.2, 0.25) is 0 Å². The molecule has 0 radical (unpaired) electrons. The molecule has 1 unspecified atom stereocenters. The molecule has 0 aliphatic heterocycles. The number of carbonyl (C=O) groups is 1. The Bertz CT molecular complexity index is 533. The molecule has 0 spiro atoms. The second-order valence-corrected chi connectivity index (χ2v) is 6.95. The Morgan fingerprint density at radius 2 is 2.14 bits per heavy atom. The number of rotatable bonds is 2. The van der Waals surface area contributed by atoms with E-state index >= 15 is 0 Å². The van der Waals surface area contributed by atoms with Gasteiger partial charge in [-0.05, 0) is 63.6 Å². The monoisotopic (exact) mass is 291 g/mol. The summed E-state index contributed by atoms with van der Waals surface area (Å²) >= 11 is 0. The maximum absolute atomic E-state index is 12.0. The van der Waals surface area contributed by atoms with Gasteiger partial charge in [-0.25, -0.2) is 4.79 Å². The Hall–Kier alpha value is -1.55. The lowest BCUT2D eigenvalue weighted by molar-refractivity contribution is 0.0378. The molecule has 1 aliphatic rings. The zero-order chi connectivity index (χ0) is 15.7. The van der Waals surface area contributed by atoms with Crippen LogP contribution in [0.25, 0.3) is 0 Å². The molecule has 4 heteroatoms. The highest BCUT2D eigenvalue weighted by atomic mass is 16.6. The molecule has 2 N–H and O–H groups in total. The number of hydrogen-bond acceptors (Lipinski definition) is 3. The Morgan fingerprint density at radius 3 is 2.76 bits per heavy atom. The predicted octanol–water partition coefficient (Wildman–Crippen LogP) is 2.74. The molecule has 2 rings (SSSR count). The van der Waals surface area contributed by atoms with E-state index in [9.17, 15) is 9.90 Å². The van der Waals surface area contributed by atoms with Gasteiger partial charge in [-0.3, -0.25) is 0 Å². The lowest BCUT2D eigenvalue weighted by Crippen LogP contribution is -2.56. The van der Waals surface area contributed by atoms with Crippen LogP contribution in [0.5, 0.6) is 0 Å². The Balaban J connectivity index is 2.17. The molecule has 1 aromatic rings. The predicted molar refractivity (Wildman–Crippen MR) is 82.4 cm³/mol. The third kappa shape index (κ3) is 3.76. The van der Waals surface area contributed by atoms with E-state index in [2.05, 4.69) is 30.4 Å². The number of ether oxygens (including phenoxy) is 1. The first kappa shape index (κ1) is 15.8. The number of alkyl carbamates (subject to hydrolysis) is 1. The summed E-state index contributed by atoms with van der Waals surface area (Å²) in [7, 11) is 0. The fraction of sp³-hybridized carbons (Fsp3) is 0.588. The van der Waals surface area contributed by atoms with Crippen molar-refractivity contribution in [2.75, 3.05) is 6.61 Å². The third-order valence-corrected chi connectivity index (χ3v) is 3.96. The van der Waals surface area contributed by atoms with Gasteiger partial charge < -0.3 is 15.2 Å². The van der Waals surface area contributed by atoms with Crippen molar-refractivity contribution in [3.05, 3.63) is 34.9 Å². The number of aliphatic hydroxyl groups excluding tert-OH is 1. The minimum Gasteiger partial charge on any atom is -0.444 e. The highest BCUT2D eigenvalue weighted by molar-refractivity contribution is 5.69. The highest BCUT2D eigenvalue weighted by Gasteiger charge is 2.37. The van der Waals surface area contributed by atoms with Crippen LogP contribution in [0.4, 0.5) is 4.79 Å². The van der Waals surface area contributed by atoms with E-state index in [0.717, 1.165) is 12.8 Å². The van der Waals surface area contributed by atoms with Gasteiger partial charge in [-0.15, -0.1) is 0 Å². The summed E-state index contributed by atoms with van der Waals surface area (Å²) < 4.78 is 5.32. The number of nitrogens with one attached hydrogen (secondary N) is 1. The van der Waals surface area contributed by atoms with Crippen molar-refractivity contribution in [1.82, 2.24) is 5.32 Å². The van der Waals surface area contributed by atoms with Crippen LogP contribution in [-0.2, 0) is 17.6 Å². The zero-order valence-electron chi connectivity index (χ0n) is 13.3. The first-order chi connectivity index (χ1) is 9.75. The van der Waals surface area contributed by atoms with Gasteiger partial charge >= 0.3 is 6.09 Å². The van der Waals surface area contributed by atoms with Crippen LogP contribution >= 0.6 is 0 Å². The van der Waals surface area contributed by atoms with E-state index in [1.54, 1.807) is 0 Å². The summed E-state index contributed by atoms with van der Waals surface area (Å²) in [6.07, 6.45) is 1.76. The van der Waals surface area contributed by atoms with Crippen LogP contribution in [0.1, 0.15) is 43.9 Å². The molecule has 0 saturated carbocycles. The average molecular weight is 291 g/mol. The van der Waals surface area contributed by atoms with Crippen LogP contribution in [0.3, 0.4) is 0 Å². The Morgan fingerprint density at radius 1 is 1.43 bits per heavy atom. The topological polar surface area (TPSA) is 58.6 Å². The van der Waals surface area contributed by atoms with E-state index in [-0.39, 0.29) is 6.61 Å². The van der Waals surface area contributed by atoms with Crippen LogP contribution in [0, 0.1) is 6.92 Å². The summed E-state index contributed by atoms with van der Waals surface area (Å²) in [4.78, 5) is 12.0. The fourth-order valence-corrected chi connectivity index (χ4v) is 2.85. The maximum atomic E-state index is 12.0. The summed E-state index contributed by atoms with van der Waals surface area (Å²) in [6, 6.07) is 6.25. The van der Waals surface area contributed by atoms with Crippen LogP contribution in [0.15, 0.2) is 18.2 Å². The van der Waals surface area contributed by atoms with E-state index in [1.807, 2.05) is 20.8 Å². The van der Waals surface area contributed by atoms with Crippen molar-refractivity contribution in [3.63, 3.8) is 0 Å². The number of hydrogen-bond donors (Lipinski definition) is 2. The number of aryl methyl sites for hydroxylation is 2. The van der Waals surface area contributed by atoms with Gasteiger partial charge in [0.1, 0.15) is 5.60 Å². The first-order valence-electron chi connectivity index (χ1n) is 7.44. The van der Waals surface area contributed by atoms with Gasteiger partial charge in [-0.1, -0.05) is 18.2 Å². The van der Waals surface area contributed by atoms with Crippen molar-refractivity contribution in [1.29, 1.82) is 0 Å². The smallest absolute Gasteiger partial charge is 0.408 e. The normalized spacial score (nSPS) is 21.6. The van der Waals surface area contributed by atoms with Crippen LogP contribution < -0.4 is 5.32 Å². The molecule has 21 heavy (non-hydrogen) atoms. The molecule has 0 aromatic heterocycles. The first-order valence-corrected chi connectivity index (χ1v) is 7.44. The molecule has 1 amide bonds. The lowest BCUT2D eigenvalue weighted by atomic mass is 9.77. The van der Waals surface area contributed by atoms with Gasteiger partial charge in [0.15, 0.2) is 0 Å². The molecule has 1 atom stereocenters. The molecular formula is C17H25NO3. The number of fused-ring (bicyclic) bond motifs is 1. The lowest BCUT2D eigenvalue weighted by Gasteiger charge is -2.38. The maximum Gasteiger partial charge on any atom is 0.408 e.